The SMILES string of the molecule is OC(Cc1cc[nH]n1)(c1ccc(F)cc1F)C(F)(F)c1ccc(Br)cn1. The van der Waals surface area contributed by atoms with E-state index in [1.54, 1.807) is 0 Å². The number of aliphatic hydroxyl groups is 1. The van der Waals surface area contributed by atoms with E-state index in [4.69, 9.17) is 0 Å². The van der Waals surface area contributed by atoms with Crippen LogP contribution >= 0.6 is 15.9 Å². The molecule has 0 saturated heterocycles. The van der Waals surface area contributed by atoms with Crippen LogP contribution in [0.5, 0.6) is 0 Å². The zero-order chi connectivity index (χ0) is 18.9. The Bertz CT molecular complexity index is 903. The molecule has 3 aromatic rings. The lowest BCUT2D eigenvalue weighted by Gasteiger charge is -2.35. The molecule has 1 aromatic carbocycles. The number of aromatic nitrogens is 3. The zero-order valence-corrected chi connectivity index (χ0v) is 14.6. The molecule has 0 saturated carbocycles. The molecule has 0 bridgehead atoms. The molecule has 26 heavy (non-hydrogen) atoms. The normalized spacial score (nSPS) is 14.2. The third-order valence-corrected chi connectivity index (χ3v) is 4.41. The van der Waals surface area contributed by atoms with Gasteiger partial charge >= 0.3 is 5.92 Å². The van der Waals surface area contributed by atoms with E-state index in [9.17, 15) is 13.9 Å². The third kappa shape index (κ3) is 3.24. The Morgan fingerprint density at radius 3 is 2.46 bits per heavy atom. The van der Waals surface area contributed by atoms with Crippen LogP contribution in [0.1, 0.15) is 17.0 Å². The molecule has 0 aliphatic heterocycles. The molecule has 1 unspecified atom stereocenters. The Hall–Kier alpha value is -2.26. The maximum atomic E-state index is 15.3. The second kappa shape index (κ2) is 6.81. The van der Waals surface area contributed by atoms with Crippen LogP contribution in [-0.2, 0) is 17.9 Å². The van der Waals surface area contributed by atoms with Gasteiger partial charge in [0.2, 0.25) is 0 Å². The van der Waals surface area contributed by atoms with Crippen molar-refractivity contribution in [2.45, 2.75) is 17.9 Å². The van der Waals surface area contributed by atoms with Gasteiger partial charge in [0, 0.05) is 34.9 Å². The molecule has 2 aromatic heterocycles. The molecule has 1 atom stereocenters. The lowest BCUT2D eigenvalue weighted by molar-refractivity contribution is -0.199. The molecule has 2 N–H and O–H groups in total. The summed E-state index contributed by atoms with van der Waals surface area (Å²) in [6.45, 7) is 0. The van der Waals surface area contributed by atoms with E-state index in [-0.39, 0.29) is 5.69 Å². The largest absolute Gasteiger partial charge is 0.378 e. The molecule has 0 amide bonds. The Labute approximate surface area is 154 Å². The van der Waals surface area contributed by atoms with Crippen molar-refractivity contribution in [1.29, 1.82) is 0 Å². The first kappa shape index (κ1) is 18.5. The highest BCUT2D eigenvalue weighted by Gasteiger charge is 2.57. The van der Waals surface area contributed by atoms with Crippen molar-refractivity contribution in [3.8, 4) is 0 Å². The van der Waals surface area contributed by atoms with Crippen LogP contribution in [0, 0.1) is 11.6 Å². The van der Waals surface area contributed by atoms with Crippen molar-refractivity contribution in [2.24, 2.45) is 0 Å². The number of pyridine rings is 1. The van der Waals surface area contributed by atoms with Gasteiger partial charge in [-0.25, -0.2) is 8.78 Å². The monoisotopic (exact) mass is 429 g/mol. The Morgan fingerprint density at radius 1 is 1.12 bits per heavy atom. The van der Waals surface area contributed by atoms with Crippen LogP contribution in [0.4, 0.5) is 17.6 Å². The van der Waals surface area contributed by atoms with E-state index in [0.717, 1.165) is 24.4 Å². The molecule has 2 heterocycles. The molecular formula is C17H12BrF4N3O. The molecule has 0 aliphatic carbocycles. The topological polar surface area (TPSA) is 61.8 Å². The van der Waals surface area contributed by atoms with Crippen LogP contribution < -0.4 is 0 Å². The molecule has 136 valence electrons. The molecule has 9 heteroatoms. The van der Waals surface area contributed by atoms with Gasteiger partial charge in [0.15, 0.2) is 5.60 Å². The Balaban J connectivity index is 2.17. The minimum absolute atomic E-state index is 0.0769. The fourth-order valence-corrected chi connectivity index (χ4v) is 2.86. The van der Waals surface area contributed by atoms with E-state index in [1.807, 2.05) is 0 Å². The molecular weight excluding hydrogens is 418 g/mol. The van der Waals surface area contributed by atoms with Crippen LogP contribution in [0.15, 0.2) is 53.3 Å². The Kier molecular flexibility index (Phi) is 4.85. The minimum atomic E-state index is -3.99. The van der Waals surface area contributed by atoms with Gasteiger partial charge in [-0.2, -0.15) is 13.9 Å². The number of nitrogens with one attached hydrogen (secondary N) is 1. The van der Waals surface area contributed by atoms with Crippen LogP contribution in [0.25, 0.3) is 0 Å². The lowest BCUT2D eigenvalue weighted by Crippen LogP contribution is -2.46. The standard InChI is InChI=1S/C17H12BrF4N3O/c18-10-1-4-15(23-9-10)17(21,22)16(26,8-12-5-6-24-25-12)13-3-2-11(19)7-14(13)20/h1-7,9,26H,8H2,(H,24,25). The van der Waals surface area contributed by atoms with Crippen molar-refractivity contribution in [1.82, 2.24) is 15.2 Å². The number of halogens is 5. The maximum absolute atomic E-state index is 15.3. The second-order valence-electron chi connectivity index (χ2n) is 5.66. The van der Waals surface area contributed by atoms with Crippen molar-refractivity contribution in [3.05, 3.63) is 81.9 Å². The van der Waals surface area contributed by atoms with Crippen LogP contribution in [-0.4, -0.2) is 20.3 Å². The highest BCUT2D eigenvalue weighted by atomic mass is 79.9. The summed E-state index contributed by atoms with van der Waals surface area (Å²) >= 11 is 3.09. The predicted octanol–water partition coefficient (Wildman–Crippen LogP) is 4.07. The number of H-pyrrole nitrogens is 1. The molecule has 4 nitrogen and oxygen atoms in total. The zero-order valence-electron chi connectivity index (χ0n) is 13.1. The number of alkyl halides is 2. The summed E-state index contributed by atoms with van der Waals surface area (Å²) in [5.41, 5.74) is -4.48. The third-order valence-electron chi connectivity index (χ3n) is 3.94. The number of hydrogen-bond donors (Lipinski definition) is 2. The highest BCUT2D eigenvalue weighted by Crippen LogP contribution is 2.47. The van der Waals surface area contributed by atoms with Crippen molar-refractivity contribution >= 4 is 15.9 Å². The quantitative estimate of drug-likeness (QED) is 0.601. The smallest absolute Gasteiger partial charge is 0.322 e. The number of aromatic amines is 1. The van der Waals surface area contributed by atoms with Crippen LogP contribution in [0.2, 0.25) is 0 Å². The van der Waals surface area contributed by atoms with Gasteiger partial charge in [-0.15, -0.1) is 0 Å². The number of rotatable bonds is 5. The average molecular weight is 430 g/mol. The predicted molar refractivity (Wildman–Crippen MR) is 88.4 cm³/mol. The first-order valence-electron chi connectivity index (χ1n) is 7.40. The van der Waals surface area contributed by atoms with Gasteiger partial charge in [0.25, 0.3) is 0 Å². The fourth-order valence-electron chi connectivity index (χ4n) is 2.63. The van der Waals surface area contributed by atoms with Crippen molar-refractivity contribution < 1.29 is 22.7 Å². The first-order valence-corrected chi connectivity index (χ1v) is 8.20. The Morgan fingerprint density at radius 2 is 1.88 bits per heavy atom. The molecule has 0 fully saturated rings. The van der Waals surface area contributed by atoms with Gasteiger partial charge in [0.1, 0.15) is 17.3 Å². The molecule has 0 spiro atoms. The van der Waals surface area contributed by atoms with Crippen LogP contribution in [0.3, 0.4) is 0 Å². The van der Waals surface area contributed by atoms with Crippen molar-refractivity contribution in [2.75, 3.05) is 0 Å². The van der Waals surface area contributed by atoms with E-state index >= 15 is 8.78 Å². The summed E-state index contributed by atoms with van der Waals surface area (Å²) in [5.74, 6) is -6.23. The fraction of sp³-hybridized carbons (Fsp3) is 0.176. The first-order chi connectivity index (χ1) is 12.2. The van der Waals surface area contributed by atoms with Crippen molar-refractivity contribution in [3.63, 3.8) is 0 Å². The number of benzene rings is 1. The molecule has 0 aliphatic rings. The number of hydrogen-bond acceptors (Lipinski definition) is 3. The van der Waals surface area contributed by atoms with Gasteiger partial charge < -0.3 is 5.11 Å². The summed E-state index contributed by atoms with van der Waals surface area (Å²) < 4.78 is 58.5. The van der Waals surface area contributed by atoms with E-state index in [2.05, 4.69) is 31.1 Å². The molecule has 0 radical (unpaired) electrons. The highest BCUT2D eigenvalue weighted by molar-refractivity contribution is 9.10. The summed E-state index contributed by atoms with van der Waals surface area (Å²) in [6, 6.07) is 5.75. The summed E-state index contributed by atoms with van der Waals surface area (Å²) in [6.07, 6.45) is 1.80. The number of nitrogens with zero attached hydrogens (tertiary/aromatic N) is 2. The van der Waals surface area contributed by atoms with Gasteiger partial charge in [-0.1, -0.05) is 6.07 Å². The van der Waals surface area contributed by atoms with Gasteiger partial charge in [-0.3, -0.25) is 10.1 Å². The van der Waals surface area contributed by atoms with E-state index in [1.165, 1.54) is 18.3 Å². The van der Waals surface area contributed by atoms with E-state index in [0.29, 0.717) is 10.5 Å². The maximum Gasteiger partial charge on any atom is 0.322 e. The average Bonchev–Trinajstić information content (AvgIpc) is 3.07. The van der Waals surface area contributed by atoms with Gasteiger partial charge in [-0.05, 0) is 40.2 Å². The minimum Gasteiger partial charge on any atom is -0.378 e. The summed E-state index contributed by atoms with van der Waals surface area (Å²) in [4.78, 5) is 3.64. The lowest BCUT2D eigenvalue weighted by atomic mass is 9.81. The summed E-state index contributed by atoms with van der Waals surface area (Å²) in [5, 5.41) is 17.2. The van der Waals surface area contributed by atoms with Gasteiger partial charge in [0.05, 0.1) is 5.69 Å². The second-order valence-corrected chi connectivity index (χ2v) is 6.58. The summed E-state index contributed by atoms with van der Waals surface area (Å²) in [7, 11) is 0. The molecule has 3 rings (SSSR count). The van der Waals surface area contributed by atoms with E-state index < -0.39 is 40.8 Å².